The Kier molecular flexibility index (Phi) is 7.32. The van der Waals surface area contributed by atoms with Crippen molar-refractivity contribution in [3.63, 3.8) is 0 Å². The number of carbonyl (C=O) groups is 3. The predicted octanol–water partition coefficient (Wildman–Crippen LogP) is 1.39. The zero-order valence-corrected chi connectivity index (χ0v) is 21.4. The summed E-state index contributed by atoms with van der Waals surface area (Å²) in [6, 6.07) is 5.10. The second kappa shape index (κ2) is 10.5. The van der Waals surface area contributed by atoms with E-state index < -0.39 is 24.0 Å². The summed E-state index contributed by atoms with van der Waals surface area (Å²) in [6.45, 7) is 3.98. The highest BCUT2D eigenvalue weighted by Crippen LogP contribution is 2.42. The molecule has 0 radical (unpaired) electrons. The first-order valence-corrected chi connectivity index (χ1v) is 13.2. The molecule has 36 heavy (non-hydrogen) atoms. The van der Waals surface area contributed by atoms with E-state index in [0.717, 1.165) is 64.0 Å². The molecule has 0 bridgehead atoms. The minimum atomic E-state index is -0.633. The van der Waals surface area contributed by atoms with Crippen molar-refractivity contribution in [3.8, 4) is 0 Å². The van der Waals surface area contributed by atoms with E-state index in [1.165, 1.54) is 0 Å². The zero-order chi connectivity index (χ0) is 25.4. The number of hydrogen-bond donors (Lipinski definition) is 1. The molecule has 3 aliphatic heterocycles. The van der Waals surface area contributed by atoms with Gasteiger partial charge in [0.15, 0.2) is 5.78 Å². The van der Waals surface area contributed by atoms with Gasteiger partial charge >= 0.3 is 0 Å². The van der Waals surface area contributed by atoms with Gasteiger partial charge in [0.05, 0.1) is 12.5 Å². The number of ketones is 1. The van der Waals surface area contributed by atoms with Gasteiger partial charge in [0, 0.05) is 44.5 Å². The Bertz CT molecular complexity index is 1000. The molecule has 3 saturated heterocycles. The third-order valence-electron chi connectivity index (χ3n) is 8.62. The molecule has 1 aromatic rings. The summed E-state index contributed by atoms with van der Waals surface area (Å²) < 4.78 is 11.3. The van der Waals surface area contributed by atoms with Crippen LogP contribution in [0.15, 0.2) is 18.2 Å². The summed E-state index contributed by atoms with van der Waals surface area (Å²) in [5.41, 5.74) is 7.95. The van der Waals surface area contributed by atoms with Crippen molar-refractivity contribution < 1.29 is 23.9 Å². The smallest absolute Gasteiger partial charge is 0.249 e. The maximum absolute atomic E-state index is 14.4. The SMILES string of the molecule is CO[C@H]1CN(C(=O)[C@H](c2cc(N3CCN(C)CC3)ccc2C(N)=O)C2CCCCC2)[C@@H]2C(=O)CO[C@H]12. The molecule has 4 fully saturated rings. The van der Waals surface area contributed by atoms with E-state index in [1.807, 2.05) is 12.1 Å². The van der Waals surface area contributed by atoms with E-state index in [1.54, 1.807) is 18.1 Å². The summed E-state index contributed by atoms with van der Waals surface area (Å²) in [4.78, 5) is 46.0. The Balaban J connectivity index is 1.55. The average molecular weight is 499 g/mol. The molecular formula is C27H38N4O5. The molecule has 1 saturated carbocycles. The van der Waals surface area contributed by atoms with Gasteiger partial charge in [0.1, 0.15) is 24.9 Å². The number of rotatable bonds is 6. The molecule has 1 aromatic carbocycles. The summed E-state index contributed by atoms with van der Waals surface area (Å²) in [5, 5.41) is 0. The summed E-state index contributed by atoms with van der Waals surface area (Å²) in [5.74, 6) is -1.18. The molecule has 1 aliphatic carbocycles. The first-order valence-electron chi connectivity index (χ1n) is 13.2. The monoisotopic (exact) mass is 498 g/mol. The van der Waals surface area contributed by atoms with Crippen molar-refractivity contribution in [2.24, 2.45) is 11.7 Å². The number of amides is 2. The number of ether oxygens (including phenoxy) is 2. The number of fused-ring (bicyclic) bond motifs is 1. The Morgan fingerprint density at radius 3 is 2.50 bits per heavy atom. The van der Waals surface area contributed by atoms with Gasteiger partial charge in [-0.3, -0.25) is 14.4 Å². The van der Waals surface area contributed by atoms with Crippen LogP contribution in [0.1, 0.15) is 53.9 Å². The zero-order valence-electron chi connectivity index (χ0n) is 21.4. The van der Waals surface area contributed by atoms with Gasteiger partial charge in [0.25, 0.3) is 0 Å². The van der Waals surface area contributed by atoms with E-state index >= 15 is 0 Å². The van der Waals surface area contributed by atoms with Gasteiger partial charge in [-0.2, -0.15) is 0 Å². The lowest BCUT2D eigenvalue weighted by atomic mass is 9.74. The number of primary amides is 1. The molecule has 5 rings (SSSR count). The first-order chi connectivity index (χ1) is 17.4. The lowest BCUT2D eigenvalue weighted by Gasteiger charge is -2.37. The molecule has 4 aliphatic rings. The topological polar surface area (TPSA) is 105 Å². The summed E-state index contributed by atoms with van der Waals surface area (Å²) in [6.07, 6.45) is 4.28. The number of methoxy groups -OCH3 is 1. The molecule has 2 N–H and O–H groups in total. The van der Waals surface area contributed by atoms with Gasteiger partial charge < -0.3 is 29.9 Å². The fraction of sp³-hybridized carbons (Fsp3) is 0.667. The lowest BCUT2D eigenvalue weighted by molar-refractivity contribution is -0.139. The molecule has 9 nitrogen and oxygen atoms in total. The van der Waals surface area contributed by atoms with Crippen LogP contribution in [0.3, 0.4) is 0 Å². The van der Waals surface area contributed by atoms with Crippen LogP contribution >= 0.6 is 0 Å². The van der Waals surface area contributed by atoms with E-state index in [2.05, 4.69) is 16.8 Å². The number of Topliss-reactive ketones (excluding diaryl/α,β-unsaturated/α-hetero) is 1. The number of benzene rings is 1. The second-order valence-corrected chi connectivity index (χ2v) is 10.8. The molecule has 3 heterocycles. The molecule has 2 amide bonds. The van der Waals surface area contributed by atoms with Crippen molar-refractivity contribution in [3.05, 3.63) is 29.3 Å². The largest absolute Gasteiger partial charge is 0.377 e. The highest BCUT2D eigenvalue weighted by Gasteiger charge is 2.54. The van der Waals surface area contributed by atoms with Gasteiger partial charge in [0.2, 0.25) is 11.8 Å². The highest BCUT2D eigenvalue weighted by atomic mass is 16.5. The third-order valence-corrected chi connectivity index (χ3v) is 8.62. The first kappa shape index (κ1) is 25.2. The predicted molar refractivity (Wildman–Crippen MR) is 135 cm³/mol. The van der Waals surface area contributed by atoms with Crippen molar-refractivity contribution in [1.29, 1.82) is 0 Å². The van der Waals surface area contributed by atoms with E-state index in [4.69, 9.17) is 15.2 Å². The maximum atomic E-state index is 14.4. The van der Waals surface area contributed by atoms with Gasteiger partial charge in [-0.15, -0.1) is 0 Å². The van der Waals surface area contributed by atoms with Crippen LogP contribution in [-0.2, 0) is 19.1 Å². The number of anilines is 1. The molecular weight excluding hydrogens is 460 g/mol. The van der Waals surface area contributed by atoms with Crippen LogP contribution in [0.2, 0.25) is 0 Å². The Morgan fingerprint density at radius 1 is 1.11 bits per heavy atom. The fourth-order valence-corrected chi connectivity index (χ4v) is 6.57. The van der Waals surface area contributed by atoms with Gasteiger partial charge in [-0.05, 0) is 49.6 Å². The number of likely N-dealkylation sites (tertiary alicyclic amines) is 1. The van der Waals surface area contributed by atoms with Crippen molar-refractivity contribution in [2.45, 2.75) is 56.3 Å². The van der Waals surface area contributed by atoms with Gasteiger partial charge in [-0.25, -0.2) is 0 Å². The number of hydrogen-bond acceptors (Lipinski definition) is 7. The number of likely N-dealkylation sites (N-methyl/N-ethyl adjacent to an activating group) is 1. The molecule has 0 aromatic heterocycles. The lowest BCUT2D eigenvalue weighted by Crippen LogP contribution is -2.46. The molecule has 4 atom stereocenters. The van der Waals surface area contributed by atoms with E-state index in [9.17, 15) is 14.4 Å². The van der Waals surface area contributed by atoms with Crippen LogP contribution < -0.4 is 10.6 Å². The number of nitrogens with zero attached hydrogens (tertiary/aromatic N) is 3. The van der Waals surface area contributed by atoms with Crippen molar-refractivity contribution >= 4 is 23.3 Å². The quantitative estimate of drug-likeness (QED) is 0.632. The Hall–Kier alpha value is -2.49. The van der Waals surface area contributed by atoms with E-state index in [-0.39, 0.29) is 30.3 Å². The Labute approximate surface area is 212 Å². The average Bonchev–Trinajstić information content (AvgIpc) is 3.45. The number of nitrogens with two attached hydrogens (primary N) is 1. The molecule has 0 unspecified atom stereocenters. The highest BCUT2D eigenvalue weighted by molar-refractivity contribution is 5.99. The van der Waals surface area contributed by atoms with Gasteiger partial charge in [-0.1, -0.05) is 19.3 Å². The molecule has 9 heteroatoms. The summed E-state index contributed by atoms with van der Waals surface area (Å²) >= 11 is 0. The van der Waals surface area contributed by atoms with Crippen LogP contribution in [0.25, 0.3) is 0 Å². The summed E-state index contributed by atoms with van der Waals surface area (Å²) in [7, 11) is 3.70. The second-order valence-electron chi connectivity index (χ2n) is 10.8. The minimum Gasteiger partial charge on any atom is -0.377 e. The van der Waals surface area contributed by atoms with Crippen LogP contribution in [-0.4, -0.2) is 99.1 Å². The molecule has 196 valence electrons. The normalized spacial score (nSPS) is 28.4. The standard InChI is InChI=1S/C27H38N4O5/c1-29-10-12-30(13-11-29)18-8-9-19(26(28)33)20(14-18)23(17-6-4-3-5-7-17)27(34)31-15-22(35-2)25-24(31)21(32)16-36-25/h8-9,14,17,22-25H,3-7,10-13,15-16H2,1-2H3,(H2,28,33)/t22-,23-,24+,25+/m0/s1. The minimum absolute atomic E-state index is 0.00149. The number of carbonyl (C=O) groups excluding carboxylic acids is 3. The maximum Gasteiger partial charge on any atom is 0.249 e. The number of piperazine rings is 1. The van der Waals surface area contributed by atoms with Crippen LogP contribution in [0, 0.1) is 5.92 Å². The Morgan fingerprint density at radius 2 is 1.83 bits per heavy atom. The van der Waals surface area contributed by atoms with Crippen molar-refractivity contribution in [2.75, 3.05) is 58.4 Å². The molecule has 0 spiro atoms. The van der Waals surface area contributed by atoms with Crippen LogP contribution in [0.4, 0.5) is 5.69 Å². The third kappa shape index (κ3) is 4.64. The fourth-order valence-electron chi connectivity index (χ4n) is 6.57. The van der Waals surface area contributed by atoms with Crippen molar-refractivity contribution in [1.82, 2.24) is 9.80 Å². The van der Waals surface area contributed by atoms with Crippen LogP contribution in [0.5, 0.6) is 0 Å². The van der Waals surface area contributed by atoms with E-state index in [0.29, 0.717) is 17.7 Å².